The quantitative estimate of drug-likeness (QED) is 0.153. The van der Waals surface area contributed by atoms with Gasteiger partial charge in [-0.25, -0.2) is 0 Å². The molecule has 272 valence electrons. The molecule has 4 heteroatoms. The summed E-state index contributed by atoms with van der Waals surface area (Å²) >= 11 is 0. The predicted octanol–water partition coefficient (Wildman–Crippen LogP) is 14.4. The zero-order valence-corrected chi connectivity index (χ0v) is 31.9. The summed E-state index contributed by atoms with van der Waals surface area (Å²) in [7, 11) is 0. The molecule has 54 heavy (non-hydrogen) atoms. The molecule has 1 unspecified atom stereocenters. The Morgan fingerprint density at radius 1 is 0.722 bits per heavy atom. The van der Waals surface area contributed by atoms with Gasteiger partial charge in [-0.15, -0.1) is 0 Å². The van der Waals surface area contributed by atoms with Crippen molar-refractivity contribution in [1.29, 1.82) is 0 Å². The Kier molecular flexibility index (Phi) is 10.1. The van der Waals surface area contributed by atoms with Crippen LogP contribution in [0.25, 0.3) is 84.5 Å². The number of aryl methyl sites for hydroxylation is 2. The van der Waals surface area contributed by atoms with Gasteiger partial charge in [0.15, 0.2) is 0 Å². The van der Waals surface area contributed by atoms with Gasteiger partial charge in [-0.05, 0) is 152 Å². The highest BCUT2D eigenvalue weighted by Crippen LogP contribution is 2.41. The molecule has 0 radical (unpaired) electrons. The first-order valence-electron chi connectivity index (χ1n) is 19.6. The Morgan fingerprint density at radius 2 is 1.35 bits per heavy atom. The third-order valence-electron chi connectivity index (χ3n) is 11.0. The van der Waals surface area contributed by atoms with Crippen LogP contribution in [-0.4, -0.2) is 6.54 Å². The summed E-state index contributed by atoms with van der Waals surface area (Å²) in [6, 6.07) is 26.9. The Balaban J connectivity index is 1.31. The van der Waals surface area contributed by atoms with E-state index < -0.39 is 0 Å². The lowest BCUT2D eigenvalue weighted by molar-refractivity contribution is 0.575. The van der Waals surface area contributed by atoms with Gasteiger partial charge >= 0.3 is 0 Å². The number of hydrogen-bond acceptors (Lipinski definition) is 4. The van der Waals surface area contributed by atoms with E-state index in [1.54, 1.807) is 0 Å². The molecule has 0 aliphatic heterocycles. The zero-order chi connectivity index (χ0) is 37.2. The molecule has 4 aromatic carbocycles. The van der Waals surface area contributed by atoms with Gasteiger partial charge in [-0.1, -0.05) is 75.3 Å². The van der Waals surface area contributed by atoms with E-state index in [1.165, 1.54) is 33.9 Å². The van der Waals surface area contributed by atoms with Crippen LogP contribution in [0.2, 0.25) is 0 Å². The largest absolute Gasteiger partial charge is 0.456 e. The van der Waals surface area contributed by atoms with Crippen LogP contribution in [0.3, 0.4) is 0 Å². The van der Waals surface area contributed by atoms with Gasteiger partial charge < -0.3 is 19.0 Å². The average Bonchev–Trinajstić information content (AvgIpc) is 3.86. The molecule has 0 amide bonds. The SMILES string of the molecule is C/C=C\c1oc2ccc(-c3cc(-c4ccc5oc6c(c5c4)CCC/C=C/C=C\6)cc(-c4ccc5oc(/C=C\CN)c(C(C)CCCC)c5c4)c3)cc2c1C. The maximum Gasteiger partial charge on any atom is 0.135 e. The average molecular weight is 712 g/mol. The monoisotopic (exact) mass is 711 g/mol. The van der Waals surface area contributed by atoms with Gasteiger partial charge in [0, 0.05) is 39.4 Å². The van der Waals surface area contributed by atoms with Gasteiger partial charge in [0.1, 0.15) is 34.0 Å². The molecule has 3 heterocycles. The zero-order valence-electron chi connectivity index (χ0n) is 31.9. The van der Waals surface area contributed by atoms with Crippen molar-refractivity contribution in [2.24, 2.45) is 5.73 Å². The minimum Gasteiger partial charge on any atom is -0.456 e. The van der Waals surface area contributed by atoms with Crippen molar-refractivity contribution in [1.82, 2.24) is 0 Å². The maximum atomic E-state index is 6.48. The van der Waals surface area contributed by atoms with Gasteiger partial charge in [-0.2, -0.15) is 0 Å². The lowest BCUT2D eigenvalue weighted by Gasteiger charge is -2.13. The van der Waals surface area contributed by atoms with Crippen LogP contribution in [0.4, 0.5) is 0 Å². The van der Waals surface area contributed by atoms with E-state index in [0.717, 1.165) is 105 Å². The smallest absolute Gasteiger partial charge is 0.135 e. The van der Waals surface area contributed by atoms with E-state index in [9.17, 15) is 0 Å². The van der Waals surface area contributed by atoms with Crippen LogP contribution in [0.5, 0.6) is 0 Å². The van der Waals surface area contributed by atoms with Crippen LogP contribution in [0.15, 0.2) is 116 Å². The summed E-state index contributed by atoms with van der Waals surface area (Å²) in [4.78, 5) is 0. The molecule has 0 fully saturated rings. The number of allylic oxidation sites excluding steroid dienone is 4. The fourth-order valence-corrected chi connectivity index (χ4v) is 8.09. The van der Waals surface area contributed by atoms with E-state index in [2.05, 4.69) is 118 Å². The van der Waals surface area contributed by atoms with E-state index in [1.807, 2.05) is 31.2 Å². The summed E-state index contributed by atoms with van der Waals surface area (Å²) in [5, 5.41) is 3.49. The lowest BCUT2D eigenvalue weighted by Crippen LogP contribution is -1.96. The Hall–Kier alpha value is -5.58. The predicted molar refractivity (Wildman–Crippen MR) is 229 cm³/mol. The molecule has 0 saturated heterocycles. The number of unbranched alkanes of at least 4 members (excludes halogenated alkanes) is 1. The number of rotatable bonds is 10. The normalized spacial score (nSPS) is 15.3. The van der Waals surface area contributed by atoms with Crippen LogP contribution in [0, 0.1) is 6.92 Å². The Morgan fingerprint density at radius 3 is 2.02 bits per heavy atom. The highest BCUT2D eigenvalue weighted by atomic mass is 16.3. The van der Waals surface area contributed by atoms with Crippen molar-refractivity contribution in [3.63, 3.8) is 0 Å². The number of hydrogen-bond donors (Lipinski definition) is 1. The minimum absolute atomic E-state index is 0.356. The summed E-state index contributed by atoms with van der Waals surface area (Å²) in [6.45, 7) is 9.21. The third-order valence-corrected chi connectivity index (χ3v) is 11.0. The van der Waals surface area contributed by atoms with Crippen LogP contribution in [0.1, 0.15) is 92.8 Å². The van der Waals surface area contributed by atoms with Crippen molar-refractivity contribution >= 4 is 51.1 Å². The molecule has 0 saturated carbocycles. The van der Waals surface area contributed by atoms with Crippen molar-refractivity contribution in [2.45, 2.75) is 72.1 Å². The molecule has 4 nitrogen and oxygen atoms in total. The van der Waals surface area contributed by atoms with E-state index >= 15 is 0 Å². The third kappa shape index (κ3) is 6.83. The summed E-state index contributed by atoms with van der Waals surface area (Å²) in [5.41, 5.74) is 19.3. The second kappa shape index (κ2) is 15.4. The van der Waals surface area contributed by atoms with Crippen molar-refractivity contribution in [2.75, 3.05) is 6.54 Å². The second-order valence-corrected chi connectivity index (χ2v) is 14.7. The molecule has 0 spiro atoms. The summed E-state index contributed by atoms with van der Waals surface area (Å²) < 4.78 is 19.1. The fraction of sp³-hybridized carbons (Fsp3) is 0.240. The first-order valence-corrected chi connectivity index (χ1v) is 19.6. The molecular formula is C50H49NO3. The number of furan rings is 3. The van der Waals surface area contributed by atoms with E-state index in [-0.39, 0.29) is 0 Å². The Bertz CT molecular complexity index is 2600. The number of fused-ring (bicyclic) bond motifs is 5. The molecule has 7 aromatic rings. The minimum atomic E-state index is 0.356. The lowest BCUT2D eigenvalue weighted by atomic mass is 9.89. The standard InChI is InChI=1S/C50H49NO3/c1-5-7-15-32(3)50-43-31-36(21-24-48(43)54-49(50)18-13-25-51)39-27-37(34-19-22-46-41(29-34)33(4)44(52-46)14-6-2)26-38(28-39)35-20-23-47-42(30-35)40-16-11-9-8-10-12-17-45(40)53-47/h6,8,10,12-14,17-24,26-32H,5,7,9,11,15-16,25,51H2,1-4H3/b10-8+,14-6-,17-12-,18-13-. The second-order valence-electron chi connectivity index (χ2n) is 14.7. The fourth-order valence-electron chi connectivity index (χ4n) is 8.09. The van der Waals surface area contributed by atoms with E-state index in [4.69, 9.17) is 19.0 Å². The molecule has 2 N–H and O–H groups in total. The Labute approximate surface area is 318 Å². The molecule has 0 bridgehead atoms. The molecule has 3 aromatic heterocycles. The van der Waals surface area contributed by atoms with Gasteiger partial charge in [0.05, 0.1) is 0 Å². The van der Waals surface area contributed by atoms with Crippen molar-refractivity contribution in [3.8, 4) is 33.4 Å². The van der Waals surface area contributed by atoms with Crippen molar-refractivity contribution in [3.05, 3.63) is 137 Å². The van der Waals surface area contributed by atoms with Gasteiger partial charge in [0.2, 0.25) is 0 Å². The molecular weight excluding hydrogens is 663 g/mol. The topological polar surface area (TPSA) is 65.4 Å². The van der Waals surface area contributed by atoms with Crippen LogP contribution < -0.4 is 5.73 Å². The summed E-state index contributed by atoms with van der Waals surface area (Å²) in [6.07, 6.45) is 23.2. The molecule has 1 aliphatic carbocycles. The highest BCUT2D eigenvalue weighted by Gasteiger charge is 2.20. The van der Waals surface area contributed by atoms with Crippen molar-refractivity contribution < 1.29 is 13.3 Å². The van der Waals surface area contributed by atoms with Crippen LogP contribution >= 0.6 is 0 Å². The molecule has 1 atom stereocenters. The maximum absolute atomic E-state index is 6.48. The van der Waals surface area contributed by atoms with Gasteiger partial charge in [-0.3, -0.25) is 0 Å². The van der Waals surface area contributed by atoms with E-state index in [0.29, 0.717) is 12.5 Å². The first-order chi connectivity index (χ1) is 26.4. The molecule has 8 rings (SSSR count). The molecule has 1 aliphatic rings. The highest BCUT2D eigenvalue weighted by molar-refractivity contribution is 5.95. The van der Waals surface area contributed by atoms with Crippen LogP contribution in [-0.2, 0) is 6.42 Å². The number of benzene rings is 4. The first kappa shape index (κ1) is 35.4. The van der Waals surface area contributed by atoms with Gasteiger partial charge in [0.25, 0.3) is 0 Å². The number of nitrogens with two attached hydrogens (primary N) is 1. The summed E-state index contributed by atoms with van der Waals surface area (Å²) in [5.74, 6) is 3.13.